The van der Waals surface area contributed by atoms with Crippen molar-refractivity contribution in [2.45, 2.75) is 13.8 Å². The molecule has 0 atom stereocenters. The average molecular weight is 212 g/mol. The highest BCUT2D eigenvalue weighted by Gasteiger charge is 2.05. The van der Waals surface area contributed by atoms with Gasteiger partial charge >= 0.3 is 0 Å². The molecule has 0 spiro atoms. The van der Waals surface area contributed by atoms with Crippen LogP contribution in [0.15, 0.2) is 42.5 Å². The fourth-order valence-corrected chi connectivity index (χ4v) is 1.77. The van der Waals surface area contributed by atoms with Crippen molar-refractivity contribution in [1.29, 1.82) is 0 Å². The maximum Gasteiger partial charge on any atom is 0.126 e. The van der Waals surface area contributed by atoms with Gasteiger partial charge in [-0.25, -0.2) is 0 Å². The van der Waals surface area contributed by atoms with E-state index < -0.39 is 0 Å². The van der Waals surface area contributed by atoms with Crippen molar-refractivity contribution in [2.75, 3.05) is 7.11 Å². The fourth-order valence-electron chi connectivity index (χ4n) is 1.77. The molecule has 0 N–H and O–H groups in total. The molecule has 82 valence electrons. The second kappa shape index (κ2) is 4.40. The van der Waals surface area contributed by atoms with Gasteiger partial charge < -0.3 is 4.74 Å². The molecule has 0 aliphatic carbocycles. The minimum Gasteiger partial charge on any atom is -0.496 e. The summed E-state index contributed by atoms with van der Waals surface area (Å²) >= 11 is 0. The van der Waals surface area contributed by atoms with E-state index in [9.17, 15) is 0 Å². The highest BCUT2D eigenvalue weighted by atomic mass is 16.5. The van der Waals surface area contributed by atoms with Gasteiger partial charge in [0.1, 0.15) is 5.75 Å². The Morgan fingerprint density at radius 2 is 1.44 bits per heavy atom. The van der Waals surface area contributed by atoms with Gasteiger partial charge in [-0.05, 0) is 31.0 Å². The summed E-state index contributed by atoms with van der Waals surface area (Å²) in [6.07, 6.45) is 0. The Balaban J connectivity index is 2.51. The third-order valence-electron chi connectivity index (χ3n) is 2.72. The molecule has 0 aliphatic rings. The molecule has 0 unspecified atom stereocenters. The molecule has 16 heavy (non-hydrogen) atoms. The first-order valence-corrected chi connectivity index (χ1v) is 5.42. The minimum atomic E-state index is 0.934. The van der Waals surface area contributed by atoms with Crippen LogP contribution in [0.5, 0.6) is 5.75 Å². The second-order valence-electron chi connectivity index (χ2n) is 4.07. The first-order chi connectivity index (χ1) is 7.70. The first-order valence-electron chi connectivity index (χ1n) is 5.42. The SMILES string of the molecule is COc1cc(C)ccc1-c1ccc(C)cc1. The Kier molecular flexibility index (Phi) is 2.95. The fraction of sp³-hybridized carbons (Fsp3) is 0.200. The van der Waals surface area contributed by atoms with Gasteiger partial charge in [0, 0.05) is 5.56 Å². The molecule has 0 saturated carbocycles. The summed E-state index contributed by atoms with van der Waals surface area (Å²) in [7, 11) is 1.71. The quantitative estimate of drug-likeness (QED) is 0.731. The first kappa shape index (κ1) is 10.7. The zero-order valence-electron chi connectivity index (χ0n) is 9.95. The summed E-state index contributed by atoms with van der Waals surface area (Å²) < 4.78 is 5.41. The third-order valence-corrected chi connectivity index (χ3v) is 2.72. The van der Waals surface area contributed by atoms with Gasteiger partial charge in [-0.2, -0.15) is 0 Å². The molecular formula is C15H16O. The maximum atomic E-state index is 5.41. The van der Waals surface area contributed by atoms with Gasteiger partial charge in [0.25, 0.3) is 0 Å². The van der Waals surface area contributed by atoms with E-state index in [1.165, 1.54) is 16.7 Å². The summed E-state index contributed by atoms with van der Waals surface area (Å²) in [5, 5.41) is 0. The van der Waals surface area contributed by atoms with Crippen LogP contribution in [0.1, 0.15) is 11.1 Å². The van der Waals surface area contributed by atoms with E-state index in [0.29, 0.717) is 0 Å². The average Bonchev–Trinajstić information content (AvgIpc) is 2.30. The molecule has 2 aromatic carbocycles. The van der Waals surface area contributed by atoms with Crippen molar-refractivity contribution in [3.05, 3.63) is 53.6 Å². The van der Waals surface area contributed by atoms with E-state index in [4.69, 9.17) is 4.74 Å². The molecule has 0 bridgehead atoms. The number of benzene rings is 2. The Morgan fingerprint density at radius 3 is 2.06 bits per heavy atom. The Hall–Kier alpha value is -1.76. The molecule has 1 heteroatoms. The van der Waals surface area contributed by atoms with Crippen LogP contribution < -0.4 is 4.74 Å². The van der Waals surface area contributed by atoms with Crippen LogP contribution in [-0.4, -0.2) is 7.11 Å². The van der Waals surface area contributed by atoms with Crippen LogP contribution in [0, 0.1) is 13.8 Å². The Labute approximate surface area is 96.7 Å². The summed E-state index contributed by atoms with van der Waals surface area (Å²) in [4.78, 5) is 0. The van der Waals surface area contributed by atoms with Gasteiger partial charge in [0.2, 0.25) is 0 Å². The highest BCUT2D eigenvalue weighted by Crippen LogP contribution is 2.30. The standard InChI is InChI=1S/C15H16O/c1-11-4-7-13(8-5-11)14-9-6-12(2)10-15(14)16-3/h4-10H,1-3H3. The number of aryl methyl sites for hydroxylation is 2. The van der Waals surface area contributed by atoms with E-state index in [1.807, 2.05) is 0 Å². The van der Waals surface area contributed by atoms with E-state index >= 15 is 0 Å². The van der Waals surface area contributed by atoms with Crippen molar-refractivity contribution in [2.24, 2.45) is 0 Å². The predicted molar refractivity (Wildman–Crippen MR) is 67.9 cm³/mol. The minimum absolute atomic E-state index is 0.934. The third kappa shape index (κ3) is 2.08. The van der Waals surface area contributed by atoms with E-state index in [2.05, 4.69) is 56.3 Å². The molecule has 1 nitrogen and oxygen atoms in total. The van der Waals surface area contributed by atoms with Crippen molar-refractivity contribution < 1.29 is 4.74 Å². The zero-order chi connectivity index (χ0) is 11.5. The van der Waals surface area contributed by atoms with Crippen molar-refractivity contribution in [1.82, 2.24) is 0 Å². The lowest BCUT2D eigenvalue weighted by Crippen LogP contribution is -1.88. The van der Waals surface area contributed by atoms with Gasteiger partial charge in [0.05, 0.1) is 7.11 Å². The monoisotopic (exact) mass is 212 g/mol. The molecule has 0 amide bonds. The lowest BCUT2D eigenvalue weighted by molar-refractivity contribution is 0.416. The second-order valence-corrected chi connectivity index (χ2v) is 4.07. The van der Waals surface area contributed by atoms with E-state index in [0.717, 1.165) is 11.3 Å². The van der Waals surface area contributed by atoms with Crippen molar-refractivity contribution in [3.63, 3.8) is 0 Å². The molecule has 2 aromatic rings. The van der Waals surface area contributed by atoms with Crippen molar-refractivity contribution in [3.8, 4) is 16.9 Å². The van der Waals surface area contributed by atoms with E-state index in [-0.39, 0.29) is 0 Å². The number of hydrogen-bond donors (Lipinski definition) is 0. The van der Waals surface area contributed by atoms with Crippen LogP contribution in [0.2, 0.25) is 0 Å². The molecule has 2 rings (SSSR count). The molecule has 0 aliphatic heterocycles. The number of methoxy groups -OCH3 is 1. The number of hydrogen-bond acceptors (Lipinski definition) is 1. The smallest absolute Gasteiger partial charge is 0.126 e. The molecule has 0 saturated heterocycles. The highest BCUT2D eigenvalue weighted by molar-refractivity contribution is 5.71. The predicted octanol–water partition coefficient (Wildman–Crippen LogP) is 3.98. The largest absolute Gasteiger partial charge is 0.496 e. The van der Waals surface area contributed by atoms with Gasteiger partial charge in [0.15, 0.2) is 0 Å². The Bertz CT molecular complexity index is 483. The lowest BCUT2D eigenvalue weighted by Gasteiger charge is -2.09. The van der Waals surface area contributed by atoms with Crippen LogP contribution in [-0.2, 0) is 0 Å². The Morgan fingerprint density at radius 1 is 0.812 bits per heavy atom. The van der Waals surface area contributed by atoms with E-state index in [1.54, 1.807) is 7.11 Å². The molecule has 0 fully saturated rings. The maximum absolute atomic E-state index is 5.41. The molecule has 0 aromatic heterocycles. The number of rotatable bonds is 2. The topological polar surface area (TPSA) is 9.23 Å². The summed E-state index contributed by atoms with van der Waals surface area (Å²) in [6, 6.07) is 14.8. The van der Waals surface area contributed by atoms with Crippen LogP contribution in [0.4, 0.5) is 0 Å². The summed E-state index contributed by atoms with van der Waals surface area (Å²) in [5.41, 5.74) is 4.83. The van der Waals surface area contributed by atoms with Gasteiger partial charge in [-0.1, -0.05) is 42.0 Å². The van der Waals surface area contributed by atoms with Crippen molar-refractivity contribution >= 4 is 0 Å². The molecular weight excluding hydrogens is 196 g/mol. The zero-order valence-corrected chi connectivity index (χ0v) is 9.95. The molecule has 0 heterocycles. The lowest BCUT2D eigenvalue weighted by atomic mass is 10.0. The summed E-state index contributed by atoms with van der Waals surface area (Å²) in [6.45, 7) is 4.16. The summed E-state index contributed by atoms with van der Waals surface area (Å²) in [5.74, 6) is 0.934. The number of ether oxygens (including phenoxy) is 1. The van der Waals surface area contributed by atoms with Crippen LogP contribution in [0.25, 0.3) is 11.1 Å². The van der Waals surface area contributed by atoms with Gasteiger partial charge in [-0.3, -0.25) is 0 Å². The van der Waals surface area contributed by atoms with Crippen LogP contribution >= 0.6 is 0 Å². The van der Waals surface area contributed by atoms with Gasteiger partial charge in [-0.15, -0.1) is 0 Å². The molecule has 0 radical (unpaired) electrons. The van der Waals surface area contributed by atoms with Crippen LogP contribution in [0.3, 0.4) is 0 Å². The normalized spacial score (nSPS) is 10.2.